The lowest BCUT2D eigenvalue weighted by Gasteiger charge is -2.32. The fourth-order valence-electron chi connectivity index (χ4n) is 3.30. The lowest BCUT2D eigenvalue weighted by atomic mass is 9.76. The minimum absolute atomic E-state index is 0.0758. The minimum Gasteiger partial charge on any atom is -0.492 e. The molecule has 0 radical (unpaired) electrons. The van der Waals surface area contributed by atoms with Crippen molar-refractivity contribution in [3.05, 3.63) is 27.7 Å². The van der Waals surface area contributed by atoms with Crippen LogP contribution in [0.3, 0.4) is 0 Å². The lowest BCUT2D eigenvalue weighted by Crippen LogP contribution is -2.29. The molecule has 0 aliphatic heterocycles. The van der Waals surface area contributed by atoms with Crippen molar-refractivity contribution >= 4 is 23.2 Å². The van der Waals surface area contributed by atoms with Gasteiger partial charge in [0.1, 0.15) is 5.75 Å². The van der Waals surface area contributed by atoms with Crippen molar-refractivity contribution in [2.24, 2.45) is 17.1 Å². The van der Waals surface area contributed by atoms with E-state index in [4.69, 9.17) is 33.7 Å². The summed E-state index contributed by atoms with van der Waals surface area (Å²) in [4.78, 5) is 0. The molecule has 2 atom stereocenters. The van der Waals surface area contributed by atoms with Gasteiger partial charge < -0.3 is 10.5 Å². The molecule has 1 aromatic carbocycles. The number of benzene rings is 1. The van der Waals surface area contributed by atoms with Crippen molar-refractivity contribution < 1.29 is 4.74 Å². The van der Waals surface area contributed by atoms with Gasteiger partial charge in [-0.3, -0.25) is 0 Å². The van der Waals surface area contributed by atoms with Gasteiger partial charge in [-0.05, 0) is 42.7 Å². The summed E-state index contributed by atoms with van der Waals surface area (Å²) in [6, 6.07) is 3.58. The number of halogens is 2. The molecule has 112 valence electrons. The Balaban J connectivity index is 2.31. The Morgan fingerprint density at radius 2 is 2.05 bits per heavy atom. The summed E-state index contributed by atoms with van der Waals surface area (Å²) in [5, 5.41) is 1.23. The van der Waals surface area contributed by atoms with Gasteiger partial charge in [0.25, 0.3) is 0 Å². The molecule has 0 aromatic heterocycles. The maximum atomic E-state index is 6.49. The van der Waals surface area contributed by atoms with Crippen molar-refractivity contribution in [1.29, 1.82) is 0 Å². The summed E-state index contributed by atoms with van der Waals surface area (Å²) >= 11 is 12.6. The number of hydrogen-bond acceptors (Lipinski definition) is 2. The van der Waals surface area contributed by atoms with Gasteiger partial charge in [-0.15, -0.1) is 0 Å². The van der Waals surface area contributed by atoms with Crippen LogP contribution in [0.5, 0.6) is 5.75 Å². The second-order valence-corrected chi connectivity index (χ2v) is 7.06. The molecule has 0 amide bonds. The molecular formula is C16H23Cl2NO. The smallest absolute Gasteiger partial charge is 0.139 e. The molecule has 4 heteroatoms. The highest BCUT2D eigenvalue weighted by molar-refractivity contribution is 6.34. The molecule has 0 saturated heterocycles. The van der Waals surface area contributed by atoms with Crippen LogP contribution in [0.1, 0.15) is 51.6 Å². The van der Waals surface area contributed by atoms with Crippen LogP contribution >= 0.6 is 23.2 Å². The topological polar surface area (TPSA) is 35.2 Å². The van der Waals surface area contributed by atoms with Gasteiger partial charge in [0.05, 0.1) is 11.6 Å². The average Bonchev–Trinajstić information content (AvgIpc) is 2.72. The Morgan fingerprint density at radius 1 is 1.35 bits per heavy atom. The highest BCUT2D eigenvalue weighted by atomic mass is 35.5. The molecule has 1 aromatic rings. The maximum Gasteiger partial charge on any atom is 0.139 e. The van der Waals surface area contributed by atoms with E-state index in [0.29, 0.717) is 28.3 Å². The number of hydrogen-bond donors (Lipinski definition) is 1. The Morgan fingerprint density at radius 3 is 2.60 bits per heavy atom. The molecule has 1 aliphatic rings. The Hall–Kier alpha value is -0.440. The highest BCUT2D eigenvalue weighted by Gasteiger charge is 2.39. The monoisotopic (exact) mass is 315 g/mol. The molecular weight excluding hydrogens is 293 g/mol. The Kier molecular flexibility index (Phi) is 4.88. The Labute approximate surface area is 131 Å². The van der Waals surface area contributed by atoms with Crippen LogP contribution in [-0.2, 0) is 0 Å². The molecule has 0 spiro atoms. The summed E-state index contributed by atoms with van der Waals surface area (Å²) in [5.41, 5.74) is 7.67. The molecule has 2 unspecified atom stereocenters. The molecule has 0 heterocycles. The minimum atomic E-state index is -0.0758. The van der Waals surface area contributed by atoms with Gasteiger partial charge in [0.15, 0.2) is 0 Å². The van der Waals surface area contributed by atoms with E-state index < -0.39 is 0 Å². The maximum absolute atomic E-state index is 6.49. The SMILES string of the molecule is CCOc1cc(Cl)c(C(N)C2CCCC2(C)C)cc1Cl. The van der Waals surface area contributed by atoms with Crippen LogP contribution in [-0.4, -0.2) is 6.61 Å². The third-order valence-corrected chi connectivity index (χ3v) is 5.11. The zero-order chi connectivity index (χ0) is 14.9. The largest absolute Gasteiger partial charge is 0.492 e. The van der Waals surface area contributed by atoms with Gasteiger partial charge >= 0.3 is 0 Å². The van der Waals surface area contributed by atoms with E-state index in [-0.39, 0.29) is 11.5 Å². The fraction of sp³-hybridized carbons (Fsp3) is 0.625. The molecule has 2 rings (SSSR count). The first kappa shape index (κ1) is 15.9. The molecule has 0 bridgehead atoms. The number of ether oxygens (including phenoxy) is 1. The predicted octanol–water partition coefficient (Wildman–Crippen LogP) is 5.22. The quantitative estimate of drug-likeness (QED) is 0.826. The molecule has 1 saturated carbocycles. The third-order valence-electron chi connectivity index (χ3n) is 4.48. The van der Waals surface area contributed by atoms with E-state index in [1.165, 1.54) is 12.8 Å². The first-order chi connectivity index (χ1) is 9.36. The van der Waals surface area contributed by atoms with Crippen molar-refractivity contribution in [1.82, 2.24) is 0 Å². The molecule has 1 fully saturated rings. The van der Waals surface area contributed by atoms with E-state index in [0.717, 1.165) is 12.0 Å². The first-order valence-electron chi connectivity index (χ1n) is 7.24. The van der Waals surface area contributed by atoms with Gasteiger partial charge in [0, 0.05) is 17.1 Å². The second kappa shape index (κ2) is 6.13. The van der Waals surface area contributed by atoms with Crippen LogP contribution in [0.4, 0.5) is 0 Å². The molecule has 2 nitrogen and oxygen atoms in total. The first-order valence-corrected chi connectivity index (χ1v) is 7.99. The molecule has 20 heavy (non-hydrogen) atoms. The summed E-state index contributed by atoms with van der Waals surface area (Å²) in [6.07, 6.45) is 3.59. The van der Waals surface area contributed by atoms with Crippen molar-refractivity contribution in [3.8, 4) is 5.75 Å². The van der Waals surface area contributed by atoms with Gasteiger partial charge in [0.2, 0.25) is 0 Å². The van der Waals surface area contributed by atoms with Crippen molar-refractivity contribution in [2.45, 2.75) is 46.1 Å². The summed E-state index contributed by atoms with van der Waals surface area (Å²) < 4.78 is 5.46. The van der Waals surface area contributed by atoms with Crippen molar-refractivity contribution in [3.63, 3.8) is 0 Å². The van der Waals surface area contributed by atoms with E-state index in [1.807, 2.05) is 13.0 Å². The van der Waals surface area contributed by atoms with Crippen LogP contribution in [0.2, 0.25) is 10.0 Å². The summed E-state index contributed by atoms with van der Waals surface area (Å²) in [5.74, 6) is 1.06. The second-order valence-electron chi connectivity index (χ2n) is 6.25. The van der Waals surface area contributed by atoms with Crippen molar-refractivity contribution in [2.75, 3.05) is 6.61 Å². The molecule has 2 N–H and O–H groups in total. The van der Waals surface area contributed by atoms with E-state index in [9.17, 15) is 0 Å². The zero-order valence-corrected chi connectivity index (χ0v) is 13.9. The van der Waals surface area contributed by atoms with Gasteiger partial charge in [-0.1, -0.05) is 43.5 Å². The van der Waals surface area contributed by atoms with Crippen LogP contribution in [0.15, 0.2) is 12.1 Å². The van der Waals surface area contributed by atoms with E-state index in [2.05, 4.69) is 13.8 Å². The predicted molar refractivity (Wildman–Crippen MR) is 85.7 cm³/mol. The van der Waals surface area contributed by atoms with Crippen LogP contribution < -0.4 is 10.5 Å². The highest BCUT2D eigenvalue weighted by Crippen LogP contribution is 2.49. The van der Waals surface area contributed by atoms with Gasteiger partial charge in [-0.2, -0.15) is 0 Å². The van der Waals surface area contributed by atoms with Crippen LogP contribution in [0, 0.1) is 11.3 Å². The normalized spacial score (nSPS) is 22.8. The summed E-state index contributed by atoms with van der Waals surface area (Å²) in [7, 11) is 0. The lowest BCUT2D eigenvalue weighted by molar-refractivity contribution is 0.222. The van der Waals surface area contributed by atoms with Gasteiger partial charge in [-0.25, -0.2) is 0 Å². The van der Waals surface area contributed by atoms with E-state index in [1.54, 1.807) is 6.07 Å². The number of nitrogens with two attached hydrogens (primary N) is 1. The average molecular weight is 316 g/mol. The standard InChI is InChI=1S/C16H23Cl2NO/c1-4-20-14-9-12(17)10(8-13(14)18)15(19)11-6-5-7-16(11,2)3/h8-9,11,15H,4-7,19H2,1-3H3. The summed E-state index contributed by atoms with van der Waals surface area (Å²) in [6.45, 7) is 7.06. The third kappa shape index (κ3) is 3.08. The molecule has 1 aliphatic carbocycles. The fourth-order valence-corrected chi connectivity index (χ4v) is 3.81. The van der Waals surface area contributed by atoms with E-state index >= 15 is 0 Å². The number of rotatable bonds is 4. The zero-order valence-electron chi connectivity index (χ0n) is 12.4. The van der Waals surface area contributed by atoms with Crippen LogP contribution in [0.25, 0.3) is 0 Å². The Bertz CT molecular complexity index is 488.